The molecule has 0 atom stereocenters. The van der Waals surface area contributed by atoms with Gasteiger partial charge in [-0.15, -0.1) is 0 Å². The molecule has 0 saturated heterocycles. The maximum Gasteiger partial charge on any atom is 0.0900 e. The number of pyridine rings is 1. The summed E-state index contributed by atoms with van der Waals surface area (Å²) in [5.41, 5.74) is 13.1. The Kier molecular flexibility index (Phi) is 3.62. The molecule has 0 spiro atoms. The Morgan fingerprint density at radius 2 is 2.27 bits per heavy atom. The monoisotopic (exact) mass is 202 g/mol. The lowest BCUT2D eigenvalue weighted by atomic mass is 10.2. The van der Waals surface area contributed by atoms with Gasteiger partial charge in [-0.05, 0) is 31.2 Å². The second kappa shape index (κ2) is 4.95. The first-order valence-corrected chi connectivity index (χ1v) is 4.54. The summed E-state index contributed by atoms with van der Waals surface area (Å²) in [6, 6.07) is 3.32. The van der Waals surface area contributed by atoms with Crippen molar-refractivity contribution in [2.75, 3.05) is 5.73 Å². The van der Waals surface area contributed by atoms with Crippen LogP contribution in [0.4, 0.5) is 5.69 Å². The summed E-state index contributed by atoms with van der Waals surface area (Å²) in [6.07, 6.45) is 6.65. The number of allylic oxidation sites excluding steroid dienone is 3. The maximum absolute atomic E-state index is 7.73. The van der Waals surface area contributed by atoms with Gasteiger partial charge in [0.25, 0.3) is 0 Å². The number of nitrogen functional groups attached to an aromatic ring is 1. The standard InChI is InChI=1S/C11H14N4/c1-2-3-8(12)6-10(14)11-7-9(13)4-5-15-11/h2-7,14H,12H2,1H3,(H2,13,15)/b3-2-,8-6+,14-10?. The summed E-state index contributed by atoms with van der Waals surface area (Å²) in [7, 11) is 0. The second-order valence-electron chi connectivity index (χ2n) is 3.03. The molecule has 0 aromatic carbocycles. The number of anilines is 1. The molecule has 0 radical (unpaired) electrons. The summed E-state index contributed by atoms with van der Waals surface area (Å²) in [6.45, 7) is 1.86. The highest BCUT2D eigenvalue weighted by molar-refractivity contribution is 6.06. The summed E-state index contributed by atoms with van der Waals surface area (Å²) >= 11 is 0. The van der Waals surface area contributed by atoms with Crippen LogP contribution in [0.3, 0.4) is 0 Å². The Hall–Kier alpha value is -2.10. The lowest BCUT2D eigenvalue weighted by Crippen LogP contribution is -2.03. The van der Waals surface area contributed by atoms with E-state index in [0.717, 1.165) is 0 Å². The van der Waals surface area contributed by atoms with Crippen LogP contribution in [0, 0.1) is 5.41 Å². The van der Waals surface area contributed by atoms with Crippen LogP contribution in [0.25, 0.3) is 0 Å². The smallest absolute Gasteiger partial charge is 0.0900 e. The molecule has 1 aromatic rings. The fraction of sp³-hybridized carbons (Fsp3) is 0.0909. The molecular weight excluding hydrogens is 188 g/mol. The third kappa shape index (κ3) is 3.27. The van der Waals surface area contributed by atoms with E-state index >= 15 is 0 Å². The Balaban J connectivity index is 2.91. The summed E-state index contributed by atoms with van der Waals surface area (Å²) in [5.74, 6) is 0. The number of nitrogens with zero attached hydrogens (tertiary/aromatic N) is 1. The molecule has 4 nitrogen and oxygen atoms in total. The van der Waals surface area contributed by atoms with Crippen molar-refractivity contribution < 1.29 is 0 Å². The molecule has 0 amide bonds. The molecule has 0 fully saturated rings. The van der Waals surface area contributed by atoms with Crippen molar-refractivity contribution in [3.05, 3.63) is 47.9 Å². The van der Waals surface area contributed by atoms with Crippen LogP contribution in [0.5, 0.6) is 0 Å². The van der Waals surface area contributed by atoms with E-state index in [1.54, 1.807) is 30.5 Å². The van der Waals surface area contributed by atoms with Crippen molar-refractivity contribution in [3.8, 4) is 0 Å². The van der Waals surface area contributed by atoms with Crippen molar-refractivity contribution in [3.63, 3.8) is 0 Å². The highest BCUT2D eigenvalue weighted by Crippen LogP contribution is 2.05. The van der Waals surface area contributed by atoms with Crippen molar-refractivity contribution in [1.82, 2.24) is 4.98 Å². The summed E-state index contributed by atoms with van der Waals surface area (Å²) in [5, 5.41) is 7.73. The Labute approximate surface area is 88.8 Å². The quantitative estimate of drug-likeness (QED) is 0.512. The highest BCUT2D eigenvalue weighted by Gasteiger charge is 2.00. The fourth-order valence-electron chi connectivity index (χ4n) is 1.08. The van der Waals surface area contributed by atoms with E-state index in [9.17, 15) is 0 Å². The minimum Gasteiger partial charge on any atom is -0.399 e. The SMILES string of the molecule is C/C=C\C(N)=C/C(=N)c1cc(N)ccn1. The molecular formula is C11H14N4. The van der Waals surface area contributed by atoms with Gasteiger partial charge in [-0.3, -0.25) is 10.4 Å². The van der Waals surface area contributed by atoms with Crippen molar-refractivity contribution in [1.29, 1.82) is 5.41 Å². The zero-order chi connectivity index (χ0) is 11.3. The molecule has 0 unspecified atom stereocenters. The highest BCUT2D eigenvalue weighted by atomic mass is 14.7. The first-order chi connectivity index (χ1) is 7.13. The predicted molar refractivity (Wildman–Crippen MR) is 62.6 cm³/mol. The minimum absolute atomic E-state index is 0.248. The van der Waals surface area contributed by atoms with E-state index in [1.807, 2.05) is 13.0 Å². The minimum atomic E-state index is 0.248. The normalized spacial score (nSPS) is 11.9. The van der Waals surface area contributed by atoms with E-state index in [2.05, 4.69) is 4.98 Å². The van der Waals surface area contributed by atoms with Gasteiger partial charge < -0.3 is 11.5 Å². The molecule has 4 heteroatoms. The van der Waals surface area contributed by atoms with Crippen molar-refractivity contribution >= 4 is 11.4 Å². The van der Waals surface area contributed by atoms with E-state index in [0.29, 0.717) is 17.1 Å². The first-order valence-electron chi connectivity index (χ1n) is 4.54. The molecule has 1 heterocycles. The van der Waals surface area contributed by atoms with E-state index < -0.39 is 0 Å². The zero-order valence-electron chi connectivity index (χ0n) is 8.57. The van der Waals surface area contributed by atoms with E-state index in [-0.39, 0.29) is 5.71 Å². The van der Waals surface area contributed by atoms with Gasteiger partial charge in [0.1, 0.15) is 0 Å². The van der Waals surface area contributed by atoms with Gasteiger partial charge in [0, 0.05) is 17.6 Å². The molecule has 0 bridgehead atoms. The van der Waals surface area contributed by atoms with Crippen LogP contribution in [-0.4, -0.2) is 10.7 Å². The van der Waals surface area contributed by atoms with Gasteiger partial charge in [-0.2, -0.15) is 0 Å². The predicted octanol–water partition coefficient (Wildman–Crippen LogP) is 1.45. The molecule has 5 N–H and O–H groups in total. The molecule has 1 rings (SSSR count). The third-order valence-electron chi connectivity index (χ3n) is 1.73. The number of nitrogens with two attached hydrogens (primary N) is 2. The van der Waals surface area contributed by atoms with Gasteiger partial charge in [0.15, 0.2) is 0 Å². The molecule has 0 aliphatic rings. The molecule has 0 saturated carbocycles. The molecule has 78 valence electrons. The topological polar surface area (TPSA) is 88.8 Å². The molecule has 1 aromatic heterocycles. The van der Waals surface area contributed by atoms with Gasteiger partial charge in [0.2, 0.25) is 0 Å². The average molecular weight is 202 g/mol. The van der Waals surface area contributed by atoms with Crippen LogP contribution in [-0.2, 0) is 0 Å². The maximum atomic E-state index is 7.73. The average Bonchev–Trinajstić information content (AvgIpc) is 2.18. The van der Waals surface area contributed by atoms with Crippen LogP contribution < -0.4 is 11.5 Å². The van der Waals surface area contributed by atoms with Gasteiger partial charge >= 0.3 is 0 Å². The van der Waals surface area contributed by atoms with Gasteiger partial charge in [-0.1, -0.05) is 6.08 Å². The van der Waals surface area contributed by atoms with Crippen LogP contribution >= 0.6 is 0 Å². The Morgan fingerprint density at radius 1 is 1.53 bits per heavy atom. The number of hydrogen-bond donors (Lipinski definition) is 3. The first kappa shape index (κ1) is 11.0. The van der Waals surface area contributed by atoms with Gasteiger partial charge in [-0.25, -0.2) is 0 Å². The lowest BCUT2D eigenvalue weighted by molar-refractivity contribution is 1.27. The molecule has 15 heavy (non-hydrogen) atoms. The Morgan fingerprint density at radius 3 is 2.87 bits per heavy atom. The molecule has 0 aliphatic carbocycles. The van der Waals surface area contributed by atoms with Crippen molar-refractivity contribution in [2.45, 2.75) is 6.92 Å². The summed E-state index contributed by atoms with van der Waals surface area (Å²) in [4.78, 5) is 4.02. The van der Waals surface area contributed by atoms with Crippen LogP contribution in [0.2, 0.25) is 0 Å². The van der Waals surface area contributed by atoms with Crippen molar-refractivity contribution in [2.24, 2.45) is 5.73 Å². The lowest BCUT2D eigenvalue weighted by Gasteiger charge is -2.00. The molecule has 0 aliphatic heterocycles. The summed E-state index contributed by atoms with van der Waals surface area (Å²) < 4.78 is 0. The Bertz CT molecular complexity index is 418. The number of hydrogen-bond acceptors (Lipinski definition) is 4. The van der Waals surface area contributed by atoms with Crippen LogP contribution in [0.15, 0.2) is 42.3 Å². The van der Waals surface area contributed by atoms with E-state index in [4.69, 9.17) is 16.9 Å². The number of nitrogens with one attached hydrogen (secondary N) is 1. The van der Waals surface area contributed by atoms with E-state index in [1.165, 1.54) is 0 Å². The second-order valence-corrected chi connectivity index (χ2v) is 3.03. The number of rotatable bonds is 3. The largest absolute Gasteiger partial charge is 0.399 e. The zero-order valence-corrected chi connectivity index (χ0v) is 8.57. The third-order valence-corrected chi connectivity index (χ3v) is 1.73. The number of aromatic nitrogens is 1. The fourth-order valence-corrected chi connectivity index (χ4v) is 1.08. The van der Waals surface area contributed by atoms with Gasteiger partial charge in [0.05, 0.1) is 11.4 Å². The van der Waals surface area contributed by atoms with Crippen LogP contribution in [0.1, 0.15) is 12.6 Å².